The van der Waals surface area contributed by atoms with Gasteiger partial charge in [-0.25, -0.2) is 14.5 Å². The van der Waals surface area contributed by atoms with Gasteiger partial charge in [0.1, 0.15) is 5.75 Å². The molecule has 43 heavy (non-hydrogen) atoms. The van der Waals surface area contributed by atoms with Crippen molar-refractivity contribution in [1.29, 1.82) is 0 Å². The zero-order valence-electron chi connectivity index (χ0n) is 26.5. The predicted octanol–water partition coefficient (Wildman–Crippen LogP) is 5.55. The molecule has 0 saturated heterocycles. The number of sulfonamides is 1. The molecule has 5 rings (SSSR count). The molecule has 1 heterocycles. The molecule has 4 saturated carbocycles. The maximum Gasteiger partial charge on any atom is 0.421 e. The lowest BCUT2D eigenvalue weighted by Gasteiger charge is -2.64. The van der Waals surface area contributed by atoms with E-state index in [4.69, 9.17) is 9.47 Å². The van der Waals surface area contributed by atoms with E-state index in [1.54, 1.807) is 0 Å². The lowest BCUT2D eigenvalue weighted by Crippen LogP contribution is -2.62. The van der Waals surface area contributed by atoms with Crippen molar-refractivity contribution in [3.05, 3.63) is 18.3 Å². The van der Waals surface area contributed by atoms with Crippen molar-refractivity contribution in [1.82, 2.24) is 9.71 Å². The number of carbonyl (C=O) groups is 1. The van der Waals surface area contributed by atoms with Crippen molar-refractivity contribution < 1.29 is 32.9 Å². The van der Waals surface area contributed by atoms with E-state index in [2.05, 4.69) is 32.7 Å². The molecule has 0 spiro atoms. The molecule has 3 N–H and O–H groups in total. The quantitative estimate of drug-likeness (QED) is 0.327. The number of rotatable bonds is 9. The van der Waals surface area contributed by atoms with Gasteiger partial charge in [0, 0.05) is 0 Å². The molecule has 1 aromatic rings. The number of nitrogens with one attached hydrogen (secondary N) is 1. The summed E-state index contributed by atoms with van der Waals surface area (Å²) in [5.41, 5.74) is 0.174. The van der Waals surface area contributed by atoms with Gasteiger partial charge >= 0.3 is 6.09 Å². The minimum Gasteiger partial charge on any atom is -0.492 e. The van der Waals surface area contributed by atoms with Crippen molar-refractivity contribution in [2.24, 2.45) is 52.3 Å². The Morgan fingerprint density at radius 3 is 2.47 bits per heavy atom. The summed E-state index contributed by atoms with van der Waals surface area (Å²) in [6.45, 7) is 11.7. The normalized spacial score (nSPS) is 39.6. The molecule has 1 aromatic heterocycles. The predicted molar refractivity (Wildman–Crippen MR) is 163 cm³/mol. The molecule has 0 aromatic carbocycles. The summed E-state index contributed by atoms with van der Waals surface area (Å²) in [5, 5.41) is 22.1. The third kappa shape index (κ3) is 5.92. The van der Waals surface area contributed by atoms with Crippen LogP contribution >= 0.6 is 0 Å². The van der Waals surface area contributed by atoms with Crippen molar-refractivity contribution in [3.8, 4) is 5.75 Å². The van der Waals surface area contributed by atoms with Gasteiger partial charge in [-0.2, -0.15) is 8.42 Å². The number of nitrogens with zero attached hydrogens (tertiary/aromatic N) is 1. The zero-order chi connectivity index (χ0) is 31.2. The highest BCUT2D eigenvalue weighted by Crippen LogP contribution is 2.69. The Morgan fingerprint density at radius 2 is 1.79 bits per heavy atom. The average Bonchev–Trinajstić information content (AvgIpc) is 3.33. The monoisotopic (exact) mass is 620 g/mol. The minimum atomic E-state index is -4.18. The molecule has 9 nitrogen and oxygen atoms in total. The van der Waals surface area contributed by atoms with Crippen LogP contribution in [0.25, 0.3) is 0 Å². The van der Waals surface area contributed by atoms with Crippen LogP contribution in [0.2, 0.25) is 0 Å². The number of hydrogen-bond acceptors (Lipinski definition) is 8. The molecule has 11 atom stereocenters. The van der Waals surface area contributed by atoms with Crippen LogP contribution in [0.15, 0.2) is 23.4 Å². The number of ether oxygens (including phenoxy) is 2. The summed E-state index contributed by atoms with van der Waals surface area (Å²) in [7, 11) is -4.18. The third-order valence-electron chi connectivity index (χ3n) is 12.3. The van der Waals surface area contributed by atoms with Crippen LogP contribution in [0.1, 0.15) is 92.4 Å². The van der Waals surface area contributed by atoms with Gasteiger partial charge in [-0.3, -0.25) is 0 Å². The Bertz CT molecular complexity index is 1240. The van der Waals surface area contributed by atoms with Gasteiger partial charge in [0.15, 0.2) is 5.03 Å². The summed E-state index contributed by atoms with van der Waals surface area (Å²) in [4.78, 5) is 16.5. The highest BCUT2D eigenvalue weighted by Gasteiger charge is 2.64. The Labute approximate surface area is 257 Å². The highest BCUT2D eigenvalue weighted by atomic mass is 32.2. The van der Waals surface area contributed by atoms with E-state index in [-0.39, 0.29) is 52.4 Å². The fourth-order valence-corrected chi connectivity index (χ4v) is 11.1. The maximum atomic E-state index is 12.7. The standard InChI is InChI=1S/C33H52N2O7S/c1-6-16-41-22-8-11-28(34-18-22)43(39,40)35-31(38)42-19-20(3)24-9-10-25-29-26(13-15-32(24,25)4)33(5)14-12-21(36)17-27(33)23(7-2)30(29)37/h8,11,18,20-21,23-27,29-30,36-37H,6-7,9-10,12-17,19H2,1-5H3,(H,35,38)/t20-,21-,23-,24-,25+,26+,27+,29+,30-,32-,33-/m1/s1. The van der Waals surface area contributed by atoms with Gasteiger partial charge in [-0.1, -0.05) is 41.0 Å². The van der Waals surface area contributed by atoms with Gasteiger partial charge in [0.2, 0.25) is 0 Å². The van der Waals surface area contributed by atoms with Gasteiger partial charge in [-0.15, -0.1) is 0 Å². The average molecular weight is 621 g/mol. The fraction of sp³-hybridized carbons (Fsp3) is 0.818. The first-order chi connectivity index (χ1) is 20.4. The zero-order valence-corrected chi connectivity index (χ0v) is 27.3. The minimum absolute atomic E-state index is 0.0225. The molecule has 0 aliphatic heterocycles. The second-order valence-corrected chi connectivity index (χ2v) is 16.1. The summed E-state index contributed by atoms with van der Waals surface area (Å²) < 4.78 is 38.4. The van der Waals surface area contributed by atoms with Crippen molar-refractivity contribution in [2.45, 2.75) is 110 Å². The number of amides is 1. The van der Waals surface area contributed by atoms with E-state index in [1.165, 1.54) is 18.3 Å². The smallest absolute Gasteiger partial charge is 0.421 e. The number of aliphatic hydroxyl groups is 2. The molecular weight excluding hydrogens is 568 g/mol. The molecule has 4 aliphatic rings. The Balaban J connectivity index is 1.22. The van der Waals surface area contributed by atoms with E-state index in [0.717, 1.165) is 57.8 Å². The molecule has 0 unspecified atom stereocenters. The van der Waals surface area contributed by atoms with Crippen LogP contribution in [0.3, 0.4) is 0 Å². The number of aromatic nitrogens is 1. The third-order valence-corrected chi connectivity index (χ3v) is 13.5. The lowest BCUT2D eigenvalue weighted by atomic mass is 9.41. The second kappa shape index (κ2) is 12.5. The molecule has 0 radical (unpaired) electrons. The van der Waals surface area contributed by atoms with Crippen LogP contribution in [0.4, 0.5) is 4.79 Å². The SMILES string of the molecule is CCCOc1ccc(S(=O)(=O)NC(=O)OC[C@@H](C)[C@H]2CC[C@H]3[C@@H]4[C@H](O)[C@H](CC)[C@@H]5C[C@H](O)CC[C@]5(C)[C@H]4CC[C@]23C)nc1. The van der Waals surface area contributed by atoms with Gasteiger partial charge < -0.3 is 19.7 Å². The second-order valence-electron chi connectivity index (χ2n) is 14.5. The largest absolute Gasteiger partial charge is 0.492 e. The number of pyridine rings is 1. The molecule has 0 bridgehead atoms. The molecule has 4 fully saturated rings. The van der Waals surface area contributed by atoms with E-state index in [0.29, 0.717) is 36.0 Å². The molecular formula is C33H52N2O7S. The molecule has 10 heteroatoms. The maximum absolute atomic E-state index is 12.7. The Kier molecular flexibility index (Phi) is 9.42. The van der Waals surface area contributed by atoms with Crippen LogP contribution < -0.4 is 9.46 Å². The first kappa shape index (κ1) is 32.5. The van der Waals surface area contributed by atoms with E-state index >= 15 is 0 Å². The van der Waals surface area contributed by atoms with Gasteiger partial charge in [0.25, 0.3) is 10.0 Å². The molecule has 1 amide bonds. The van der Waals surface area contributed by atoms with Crippen LogP contribution in [0, 0.1) is 52.3 Å². The first-order valence-corrected chi connectivity index (χ1v) is 18.0. The number of fused-ring (bicyclic) bond motifs is 5. The lowest BCUT2D eigenvalue weighted by molar-refractivity contribution is -0.203. The van der Waals surface area contributed by atoms with Crippen LogP contribution in [-0.4, -0.2) is 55.1 Å². The van der Waals surface area contributed by atoms with E-state index < -0.39 is 16.1 Å². The summed E-state index contributed by atoms with van der Waals surface area (Å²) in [5.74, 6) is 2.51. The van der Waals surface area contributed by atoms with E-state index in [9.17, 15) is 23.4 Å². The van der Waals surface area contributed by atoms with Gasteiger partial charge in [-0.05, 0) is 116 Å². The van der Waals surface area contributed by atoms with Crippen molar-refractivity contribution in [3.63, 3.8) is 0 Å². The Morgan fingerprint density at radius 1 is 1.07 bits per heavy atom. The number of aliphatic hydroxyl groups excluding tert-OH is 2. The fourth-order valence-electron chi connectivity index (χ4n) is 10.3. The first-order valence-electron chi connectivity index (χ1n) is 16.5. The summed E-state index contributed by atoms with van der Waals surface area (Å²) in [6, 6.07) is 2.82. The topological polar surface area (TPSA) is 135 Å². The summed E-state index contributed by atoms with van der Waals surface area (Å²) in [6.07, 6.45) is 8.36. The molecule has 242 valence electrons. The number of hydrogen-bond donors (Lipinski definition) is 3. The van der Waals surface area contributed by atoms with Crippen LogP contribution in [-0.2, 0) is 14.8 Å². The van der Waals surface area contributed by atoms with E-state index in [1.807, 2.05) is 11.6 Å². The van der Waals surface area contributed by atoms with Crippen molar-refractivity contribution in [2.75, 3.05) is 13.2 Å². The number of carbonyl (C=O) groups excluding carboxylic acids is 1. The van der Waals surface area contributed by atoms with Gasteiger partial charge in [0.05, 0.1) is 31.6 Å². The summed E-state index contributed by atoms with van der Waals surface area (Å²) >= 11 is 0. The Hall–Kier alpha value is -1.91. The molecule has 4 aliphatic carbocycles. The van der Waals surface area contributed by atoms with Crippen molar-refractivity contribution >= 4 is 16.1 Å². The highest BCUT2D eigenvalue weighted by molar-refractivity contribution is 7.90. The van der Waals surface area contributed by atoms with Crippen LogP contribution in [0.5, 0.6) is 5.75 Å².